The lowest BCUT2D eigenvalue weighted by Gasteiger charge is -2.52. The van der Waals surface area contributed by atoms with Gasteiger partial charge >= 0.3 is 0 Å². The summed E-state index contributed by atoms with van der Waals surface area (Å²) in [6, 6.07) is 15.6. The number of hydrogen-bond donors (Lipinski definition) is 1. The minimum Gasteiger partial charge on any atom is -0.393 e. The van der Waals surface area contributed by atoms with Crippen LogP contribution in [-0.2, 0) is 4.79 Å². The second-order valence-electron chi connectivity index (χ2n) is 10.3. The standard InChI is InChI=1S/C29H35Cl2NO2/c1-4-15-29(3)18-25(21-7-6-8-23(31)16-21)27(20-11-13-22(30)14-12-20)32(28(29)34)24(5-2)17-26(33)19-9-10-19/h4,6-8,11-14,16,19,24-27,33H,1,5,9-10,15,17-18H2,2-3H3/t24?,25-,26?,27?,29+/m1/s1. The van der Waals surface area contributed by atoms with Crippen LogP contribution < -0.4 is 0 Å². The highest BCUT2D eigenvalue weighted by Gasteiger charge is 2.51. The first-order valence-electron chi connectivity index (χ1n) is 12.4. The fourth-order valence-electron chi connectivity index (χ4n) is 5.72. The Balaban J connectivity index is 1.85. The molecule has 1 aliphatic carbocycles. The molecule has 3 nitrogen and oxygen atoms in total. The molecular weight excluding hydrogens is 465 g/mol. The van der Waals surface area contributed by atoms with Crippen LogP contribution in [0.25, 0.3) is 0 Å². The Kier molecular flexibility index (Phi) is 7.76. The van der Waals surface area contributed by atoms with Crippen LogP contribution in [-0.4, -0.2) is 28.1 Å². The molecule has 1 N–H and O–H groups in total. The molecule has 0 bridgehead atoms. The zero-order valence-corrected chi connectivity index (χ0v) is 21.6. The lowest BCUT2D eigenvalue weighted by atomic mass is 9.67. The predicted octanol–water partition coefficient (Wildman–Crippen LogP) is 7.57. The van der Waals surface area contributed by atoms with Crippen molar-refractivity contribution in [3.63, 3.8) is 0 Å². The van der Waals surface area contributed by atoms with Gasteiger partial charge in [0.1, 0.15) is 0 Å². The second kappa shape index (κ2) is 10.4. The molecule has 34 heavy (non-hydrogen) atoms. The van der Waals surface area contributed by atoms with Crippen molar-refractivity contribution < 1.29 is 9.90 Å². The Morgan fingerprint density at radius 2 is 1.85 bits per heavy atom. The van der Waals surface area contributed by atoms with E-state index in [0.717, 1.165) is 30.4 Å². The highest BCUT2D eigenvalue weighted by molar-refractivity contribution is 6.30. The Morgan fingerprint density at radius 1 is 1.15 bits per heavy atom. The third-order valence-electron chi connectivity index (χ3n) is 7.73. The Bertz CT molecular complexity index is 1020. The van der Waals surface area contributed by atoms with E-state index in [0.29, 0.717) is 35.2 Å². The summed E-state index contributed by atoms with van der Waals surface area (Å²) in [5, 5.41) is 12.2. The summed E-state index contributed by atoms with van der Waals surface area (Å²) in [6.45, 7) is 8.13. The molecule has 2 aromatic carbocycles. The third kappa shape index (κ3) is 5.22. The van der Waals surface area contributed by atoms with E-state index in [1.165, 1.54) is 0 Å². The molecule has 3 unspecified atom stereocenters. The Hall–Kier alpha value is -1.81. The van der Waals surface area contributed by atoms with E-state index in [9.17, 15) is 9.90 Å². The van der Waals surface area contributed by atoms with E-state index in [1.807, 2.05) is 48.5 Å². The number of nitrogens with zero attached hydrogens (tertiary/aromatic N) is 1. The number of hydrogen-bond acceptors (Lipinski definition) is 2. The summed E-state index contributed by atoms with van der Waals surface area (Å²) in [4.78, 5) is 16.3. The van der Waals surface area contributed by atoms with E-state index in [-0.39, 0.29) is 30.0 Å². The number of amides is 1. The quantitative estimate of drug-likeness (QED) is 0.361. The van der Waals surface area contributed by atoms with Crippen molar-refractivity contribution in [2.24, 2.45) is 11.3 Å². The number of piperidine rings is 1. The number of aliphatic hydroxyl groups is 1. The number of allylic oxidation sites excluding steroid dienone is 1. The zero-order valence-electron chi connectivity index (χ0n) is 20.1. The third-order valence-corrected chi connectivity index (χ3v) is 8.22. The molecule has 0 spiro atoms. The van der Waals surface area contributed by atoms with Crippen molar-refractivity contribution in [3.8, 4) is 0 Å². The maximum Gasteiger partial charge on any atom is 0.229 e. The summed E-state index contributed by atoms with van der Waals surface area (Å²) in [6.07, 6.45) is 6.32. The predicted molar refractivity (Wildman–Crippen MR) is 140 cm³/mol. The zero-order chi connectivity index (χ0) is 24.5. The SMILES string of the molecule is C=CC[C@@]1(C)C[C@H](c2cccc(Cl)c2)C(c2ccc(Cl)cc2)N(C(CC)CC(O)C2CC2)C1=O. The van der Waals surface area contributed by atoms with Crippen molar-refractivity contribution in [3.05, 3.63) is 82.4 Å². The van der Waals surface area contributed by atoms with Gasteiger partial charge in [0.15, 0.2) is 0 Å². The molecule has 2 aliphatic rings. The van der Waals surface area contributed by atoms with Gasteiger partial charge in [0.25, 0.3) is 0 Å². The smallest absolute Gasteiger partial charge is 0.229 e. The van der Waals surface area contributed by atoms with Gasteiger partial charge in [-0.25, -0.2) is 0 Å². The number of carbonyl (C=O) groups is 1. The van der Waals surface area contributed by atoms with Crippen molar-refractivity contribution in [2.75, 3.05) is 0 Å². The lowest BCUT2D eigenvalue weighted by molar-refractivity contribution is -0.155. The summed E-state index contributed by atoms with van der Waals surface area (Å²) >= 11 is 12.7. The molecule has 0 aromatic heterocycles. The van der Waals surface area contributed by atoms with Gasteiger partial charge in [-0.15, -0.1) is 6.58 Å². The maximum absolute atomic E-state index is 14.2. The van der Waals surface area contributed by atoms with Crippen LogP contribution in [0.4, 0.5) is 0 Å². The molecule has 1 heterocycles. The topological polar surface area (TPSA) is 40.5 Å². The second-order valence-corrected chi connectivity index (χ2v) is 11.2. The van der Waals surface area contributed by atoms with Crippen molar-refractivity contribution in [1.29, 1.82) is 0 Å². The van der Waals surface area contributed by atoms with Crippen LogP contribution in [0, 0.1) is 11.3 Å². The van der Waals surface area contributed by atoms with Crippen LogP contribution in [0.1, 0.15) is 75.5 Å². The summed E-state index contributed by atoms with van der Waals surface area (Å²) < 4.78 is 0. The van der Waals surface area contributed by atoms with Crippen molar-refractivity contribution in [1.82, 2.24) is 4.90 Å². The van der Waals surface area contributed by atoms with Crippen LogP contribution in [0.5, 0.6) is 0 Å². The first-order chi connectivity index (χ1) is 16.3. The molecule has 5 heteroatoms. The molecule has 2 fully saturated rings. The fraction of sp³-hybridized carbons (Fsp3) is 0.483. The van der Waals surface area contributed by atoms with Gasteiger partial charge in [-0.1, -0.05) is 67.4 Å². The normalized spacial score (nSPS) is 26.9. The molecule has 1 saturated heterocycles. The van der Waals surface area contributed by atoms with Crippen LogP contribution in [0.3, 0.4) is 0 Å². The van der Waals surface area contributed by atoms with Crippen LogP contribution >= 0.6 is 23.2 Å². The largest absolute Gasteiger partial charge is 0.393 e. The highest BCUT2D eigenvalue weighted by Crippen LogP contribution is 2.53. The lowest BCUT2D eigenvalue weighted by Crippen LogP contribution is -2.56. The number of carbonyl (C=O) groups excluding carboxylic acids is 1. The number of halogens is 2. The summed E-state index contributed by atoms with van der Waals surface area (Å²) in [5.74, 6) is 0.557. The summed E-state index contributed by atoms with van der Waals surface area (Å²) in [5.41, 5.74) is 1.61. The molecular formula is C29H35Cl2NO2. The maximum atomic E-state index is 14.2. The average Bonchev–Trinajstić information content (AvgIpc) is 3.66. The number of benzene rings is 2. The van der Waals surface area contributed by atoms with Crippen molar-refractivity contribution >= 4 is 29.1 Å². The van der Waals surface area contributed by atoms with E-state index in [4.69, 9.17) is 23.2 Å². The highest BCUT2D eigenvalue weighted by atomic mass is 35.5. The van der Waals surface area contributed by atoms with E-state index < -0.39 is 5.41 Å². The first-order valence-corrected chi connectivity index (χ1v) is 13.2. The molecule has 1 amide bonds. The molecule has 0 radical (unpaired) electrons. The molecule has 1 saturated carbocycles. The Morgan fingerprint density at radius 3 is 2.44 bits per heavy atom. The van der Waals surface area contributed by atoms with Crippen LogP contribution in [0.2, 0.25) is 10.0 Å². The average molecular weight is 501 g/mol. The summed E-state index contributed by atoms with van der Waals surface area (Å²) in [7, 11) is 0. The van der Waals surface area contributed by atoms with Gasteiger partial charge < -0.3 is 10.0 Å². The molecule has 182 valence electrons. The van der Waals surface area contributed by atoms with Gasteiger partial charge in [-0.2, -0.15) is 0 Å². The van der Waals surface area contributed by atoms with E-state index in [1.54, 1.807) is 0 Å². The van der Waals surface area contributed by atoms with Gasteiger partial charge in [0.05, 0.1) is 17.6 Å². The number of aliphatic hydroxyl groups excluding tert-OH is 1. The first kappa shape index (κ1) is 25.3. The van der Waals surface area contributed by atoms with Gasteiger partial charge in [-0.05, 0) is 79.8 Å². The van der Waals surface area contributed by atoms with E-state index >= 15 is 0 Å². The molecule has 1 aliphatic heterocycles. The Labute approximate surface area is 213 Å². The minimum atomic E-state index is -0.574. The fourth-order valence-corrected chi connectivity index (χ4v) is 6.04. The van der Waals surface area contributed by atoms with E-state index in [2.05, 4.69) is 31.4 Å². The molecule has 4 rings (SSSR count). The monoisotopic (exact) mass is 499 g/mol. The minimum absolute atomic E-state index is 0.0506. The molecule has 5 atom stereocenters. The number of rotatable bonds is 9. The van der Waals surface area contributed by atoms with Gasteiger partial charge in [-0.3, -0.25) is 4.79 Å². The van der Waals surface area contributed by atoms with Gasteiger partial charge in [0.2, 0.25) is 5.91 Å². The molecule has 2 aromatic rings. The van der Waals surface area contributed by atoms with Crippen molar-refractivity contribution in [2.45, 2.75) is 76.5 Å². The number of likely N-dealkylation sites (tertiary alicyclic amines) is 1. The van der Waals surface area contributed by atoms with Crippen LogP contribution in [0.15, 0.2) is 61.2 Å². The van der Waals surface area contributed by atoms with Gasteiger partial charge in [0, 0.05) is 22.0 Å².